The highest BCUT2D eigenvalue weighted by atomic mass is 16.5. The summed E-state index contributed by atoms with van der Waals surface area (Å²) in [6.07, 6.45) is 0. The molecule has 6 heteroatoms. The lowest BCUT2D eigenvalue weighted by atomic mass is 9.79. The Balaban J connectivity index is 1.68. The molecule has 2 aromatic carbocycles. The van der Waals surface area contributed by atoms with Crippen molar-refractivity contribution < 1.29 is 19.6 Å². The van der Waals surface area contributed by atoms with E-state index in [0.717, 1.165) is 22.3 Å². The topological polar surface area (TPSA) is 78.8 Å². The first-order valence-corrected chi connectivity index (χ1v) is 6.62. The van der Waals surface area contributed by atoms with Crippen molar-refractivity contribution >= 4 is 24.2 Å². The van der Waals surface area contributed by atoms with Crippen molar-refractivity contribution in [3.8, 4) is 0 Å². The second-order valence-electron chi connectivity index (χ2n) is 4.93. The van der Waals surface area contributed by atoms with Gasteiger partial charge in [-0.3, -0.25) is 0 Å². The maximum Gasteiger partial charge on any atom is 0.491 e. The van der Waals surface area contributed by atoms with Crippen molar-refractivity contribution in [2.75, 3.05) is 5.32 Å². The van der Waals surface area contributed by atoms with E-state index >= 15 is 0 Å². The van der Waals surface area contributed by atoms with Crippen LogP contribution in [0, 0.1) is 0 Å². The van der Waals surface area contributed by atoms with Crippen LogP contribution in [-0.2, 0) is 17.8 Å². The predicted molar refractivity (Wildman–Crippen MR) is 79.6 cm³/mol. The molecule has 0 saturated carbocycles. The minimum absolute atomic E-state index is 0.275. The number of hydrogen-bond acceptors (Lipinski definition) is 4. The highest BCUT2D eigenvalue weighted by Gasteiger charge is 2.27. The number of nitrogens with one attached hydrogen (secondary N) is 1. The predicted octanol–water partition coefficient (Wildman–Crippen LogP) is 1.21. The van der Waals surface area contributed by atoms with Crippen LogP contribution < -0.4 is 10.8 Å². The summed E-state index contributed by atoms with van der Waals surface area (Å²) in [7, 11) is -0.850. The number of carbonyl (C=O) groups is 1. The molecule has 0 fully saturated rings. The number of aromatic carboxylic acids is 1. The molecule has 2 aromatic rings. The average Bonchev–Trinajstić information content (AvgIpc) is 2.87. The van der Waals surface area contributed by atoms with Crippen molar-refractivity contribution in [2.45, 2.75) is 13.2 Å². The van der Waals surface area contributed by atoms with Gasteiger partial charge >= 0.3 is 13.1 Å². The van der Waals surface area contributed by atoms with E-state index in [1.165, 1.54) is 0 Å². The van der Waals surface area contributed by atoms with E-state index in [1.54, 1.807) is 24.3 Å². The van der Waals surface area contributed by atoms with Crippen LogP contribution in [-0.4, -0.2) is 23.2 Å². The van der Waals surface area contributed by atoms with Gasteiger partial charge in [0.05, 0.1) is 12.2 Å². The molecule has 1 aliphatic heterocycles. The Morgan fingerprint density at radius 3 is 2.71 bits per heavy atom. The average molecular weight is 283 g/mol. The maximum atomic E-state index is 10.8. The van der Waals surface area contributed by atoms with Gasteiger partial charge in [0.15, 0.2) is 0 Å². The van der Waals surface area contributed by atoms with Crippen LogP contribution in [0.25, 0.3) is 0 Å². The third-order valence-electron chi connectivity index (χ3n) is 3.51. The van der Waals surface area contributed by atoms with Gasteiger partial charge in [0.1, 0.15) is 0 Å². The van der Waals surface area contributed by atoms with Gasteiger partial charge in [0.25, 0.3) is 0 Å². The summed E-state index contributed by atoms with van der Waals surface area (Å²) in [6, 6.07) is 12.5. The number of benzene rings is 2. The molecular weight excluding hydrogens is 269 g/mol. The van der Waals surface area contributed by atoms with E-state index in [-0.39, 0.29) is 5.56 Å². The Bertz CT molecular complexity index is 672. The fourth-order valence-electron chi connectivity index (χ4n) is 2.29. The highest BCUT2D eigenvalue weighted by molar-refractivity contribution is 6.61. The quantitative estimate of drug-likeness (QED) is 0.735. The summed E-state index contributed by atoms with van der Waals surface area (Å²) in [4.78, 5) is 10.8. The van der Waals surface area contributed by atoms with Crippen molar-refractivity contribution in [1.82, 2.24) is 0 Å². The highest BCUT2D eigenvalue weighted by Crippen LogP contribution is 2.15. The van der Waals surface area contributed by atoms with E-state index in [4.69, 9.17) is 9.76 Å². The van der Waals surface area contributed by atoms with E-state index in [0.29, 0.717) is 13.2 Å². The van der Waals surface area contributed by atoms with Crippen molar-refractivity contribution in [3.63, 3.8) is 0 Å². The van der Waals surface area contributed by atoms with E-state index < -0.39 is 13.1 Å². The van der Waals surface area contributed by atoms with Crippen LogP contribution in [0.4, 0.5) is 5.69 Å². The standard InChI is InChI=1S/C15H14BNO4/c18-15(19)11-3-1-10(2-4-11)8-17-13-6-5-12-9-21-16(20)14(12)7-13/h1-7,17,20H,8-9H2,(H,18,19). The fraction of sp³-hybridized carbons (Fsp3) is 0.133. The molecule has 3 rings (SSSR count). The molecule has 0 aliphatic carbocycles. The van der Waals surface area contributed by atoms with Crippen molar-refractivity contribution in [2.24, 2.45) is 0 Å². The number of rotatable bonds is 4. The second-order valence-corrected chi connectivity index (χ2v) is 4.93. The molecule has 0 amide bonds. The lowest BCUT2D eigenvalue weighted by Crippen LogP contribution is -2.28. The van der Waals surface area contributed by atoms with Crippen molar-refractivity contribution in [1.29, 1.82) is 0 Å². The molecule has 0 radical (unpaired) electrons. The Morgan fingerprint density at radius 2 is 2.00 bits per heavy atom. The maximum absolute atomic E-state index is 10.8. The minimum Gasteiger partial charge on any atom is -0.478 e. The molecule has 0 unspecified atom stereocenters. The molecular formula is C15H14BNO4. The summed E-state index contributed by atoms with van der Waals surface area (Å²) in [5.41, 5.74) is 3.94. The largest absolute Gasteiger partial charge is 0.491 e. The third kappa shape index (κ3) is 2.91. The molecule has 0 aromatic heterocycles. The molecule has 5 nitrogen and oxygen atoms in total. The lowest BCUT2D eigenvalue weighted by molar-refractivity contribution is 0.0697. The van der Waals surface area contributed by atoms with Gasteiger partial charge in [0, 0.05) is 12.2 Å². The summed E-state index contributed by atoms with van der Waals surface area (Å²) in [6.45, 7) is 1.02. The Kier molecular flexibility index (Phi) is 3.64. The number of anilines is 1. The Hall–Kier alpha value is -2.31. The smallest absolute Gasteiger partial charge is 0.478 e. The monoisotopic (exact) mass is 283 g/mol. The third-order valence-corrected chi connectivity index (χ3v) is 3.51. The van der Waals surface area contributed by atoms with Gasteiger partial charge < -0.3 is 20.1 Å². The number of carboxylic acid groups (broad SMARTS) is 1. The lowest BCUT2D eigenvalue weighted by Gasteiger charge is -2.08. The van der Waals surface area contributed by atoms with E-state index in [9.17, 15) is 9.82 Å². The van der Waals surface area contributed by atoms with Crippen LogP contribution >= 0.6 is 0 Å². The number of carboxylic acids is 1. The first-order valence-electron chi connectivity index (χ1n) is 6.62. The summed E-state index contributed by atoms with van der Waals surface area (Å²) in [5, 5.41) is 21.8. The van der Waals surface area contributed by atoms with Crippen LogP contribution in [0.15, 0.2) is 42.5 Å². The second kappa shape index (κ2) is 5.59. The van der Waals surface area contributed by atoms with Gasteiger partial charge in [-0.2, -0.15) is 0 Å². The zero-order valence-electron chi connectivity index (χ0n) is 11.2. The Labute approximate surface area is 122 Å². The zero-order chi connectivity index (χ0) is 14.8. The molecule has 21 heavy (non-hydrogen) atoms. The fourth-order valence-corrected chi connectivity index (χ4v) is 2.29. The first-order chi connectivity index (χ1) is 10.1. The molecule has 0 atom stereocenters. The van der Waals surface area contributed by atoms with Crippen LogP contribution in [0.1, 0.15) is 21.5 Å². The molecule has 3 N–H and O–H groups in total. The molecule has 0 saturated heterocycles. The number of fused-ring (bicyclic) bond motifs is 1. The van der Waals surface area contributed by atoms with Gasteiger partial charge in [0.2, 0.25) is 0 Å². The molecule has 1 aliphatic rings. The zero-order valence-corrected chi connectivity index (χ0v) is 11.2. The van der Waals surface area contributed by atoms with Crippen LogP contribution in [0.5, 0.6) is 0 Å². The van der Waals surface area contributed by atoms with Gasteiger partial charge in [-0.05, 0) is 40.9 Å². The normalized spacial score (nSPS) is 13.1. The number of hydrogen-bond donors (Lipinski definition) is 3. The first kappa shape index (κ1) is 13.7. The van der Waals surface area contributed by atoms with Gasteiger partial charge in [-0.1, -0.05) is 18.2 Å². The summed E-state index contributed by atoms with van der Waals surface area (Å²) in [5.74, 6) is -0.929. The SMILES string of the molecule is O=C(O)c1ccc(CNc2ccc3c(c2)B(O)OC3)cc1. The van der Waals surface area contributed by atoms with Crippen LogP contribution in [0.2, 0.25) is 0 Å². The summed E-state index contributed by atoms with van der Waals surface area (Å²) >= 11 is 0. The van der Waals surface area contributed by atoms with E-state index in [2.05, 4.69) is 5.32 Å². The van der Waals surface area contributed by atoms with Crippen molar-refractivity contribution in [3.05, 3.63) is 59.2 Å². The Morgan fingerprint density at radius 1 is 1.24 bits per heavy atom. The summed E-state index contributed by atoms with van der Waals surface area (Å²) < 4.78 is 5.15. The van der Waals surface area contributed by atoms with Gasteiger partial charge in [-0.15, -0.1) is 0 Å². The molecule has 106 valence electrons. The molecule has 0 spiro atoms. The molecule has 1 heterocycles. The van der Waals surface area contributed by atoms with Gasteiger partial charge in [-0.25, -0.2) is 4.79 Å². The minimum atomic E-state index is -0.929. The van der Waals surface area contributed by atoms with E-state index in [1.807, 2.05) is 18.2 Å². The van der Waals surface area contributed by atoms with Crippen LogP contribution in [0.3, 0.4) is 0 Å². The molecule has 0 bridgehead atoms.